The molecule has 0 radical (unpaired) electrons. The number of amides is 1. The molecule has 0 bridgehead atoms. The average molecular weight is 520 g/mol. The van der Waals surface area contributed by atoms with Crippen molar-refractivity contribution in [2.75, 3.05) is 11.4 Å². The summed E-state index contributed by atoms with van der Waals surface area (Å²) in [6.45, 7) is 4.69. The number of aromatic carboxylic acids is 1. The number of benzene rings is 3. The van der Waals surface area contributed by atoms with Gasteiger partial charge in [0.1, 0.15) is 5.82 Å². The van der Waals surface area contributed by atoms with Crippen LogP contribution in [-0.2, 0) is 11.2 Å². The average Bonchev–Trinajstić information content (AvgIpc) is 3.48. The fourth-order valence-electron chi connectivity index (χ4n) is 6.16. The van der Waals surface area contributed by atoms with Crippen molar-refractivity contribution in [1.29, 1.82) is 0 Å². The minimum Gasteiger partial charge on any atom is -0.478 e. The van der Waals surface area contributed by atoms with Gasteiger partial charge < -0.3 is 10.0 Å². The first kappa shape index (κ1) is 25.1. The normalized spacial score (nSPS) is 15.3. The molecule has 1 N–H and O–H groups in total. The van der Waals surface area contributed by atoms with Crippen LogP contribution in [0.15, 0.2) is 71.8 Å². The Kier molecular flexibility index (Phi) is 6.55. The number of rotatable bonds is 7. The van der Waals surface area contributed by atoms with Crippen LogP contribution in [0.4, 0.5) is 5.69 Å². The van der Waals surface area contributed by atoms with Crippen molar-refractivity contribution in [2.45, 2.75) is 58.8 Å². The lowest BCUT2D eigenvalue weighted by atomic mass is 9.94. The van der Waals surface area contributed by atoms with E-state index in [2.05, 4.69) is 17.6 Å². The second kappa shape index (κ2) is 10.2. The lowest BCUT2D eigenvalue weighted by Gasteiger charge is -2.19. The number of carbonyl (C=O) groups excluding carboxylic acids is 1. The number of fused-ring (bicyclic) bond motifs is 1. The Balaban J connectivity index is 1.51. The van der Waals surface area contributed by atoms with Crippen molar-refractivity contribution in [2.24, 2.45) is 0 Å². The minimum atomic E-state index is -0.951. The van der Waals surface area contributed by atoms with Crippen LogP contribution >= 0.6 is 0 Å². The van der Waals surface area contributed by atoms with Gasteiger partial charge in [0.25, 0.3) is 5.91 Å². The van der Waals surface area contributed by atoms with E-state index in [1.165, 1.54) is 5.57 Å². The SMILES string of the molecule is CCCCc1nc2ccc(N3CC4=C(CCCC4)C3=O)cc2n1-c1ccc(-c2ccccc2)c(C(=O)O)c1C. The fourth-order valence-corrected chi connectivity index (χ4v) is 6.16. The minimum absolute atomic E-state index is 0.123. The first-order chi connectivity index (χ1) is 19.0. The largest absolute Gasteiger partial charge is 0.478 e. The molecule has 1 aliphatic carbocycles. The van der Waals surface area contributed by atoms with Crippen LogP contribution in [0.2, 0.25) is 0 Å². The Morgan fingerprint density at radius 2 is 1.82 bits per heavy atom. The van der Waals surface area contributed by atoms with Crippen LogP contribution in [0, 0.1) is 6.92 Å². The smallest absolute Gasteiger partial charge is 0.336 e. The van der Waals surface area contributed by atoms with Crippen molar-refractivity contribution in [1.82, 2.24) is 9.55 Å². The third kappa shape index (κ3) is 4.34. The van der Waals surface area contributed by atoms with Gasteiger partial charge in [-0.05, 0) is 85.6 Å². The van der Waals surface area contributed by atoms with Gasteiger partial charge >= 0.3 is 5.97 Å². The summed E-state index contributed by atoms with van der Waals surface area (Å²) in [5, 5.41) is 10.3. The summed E-state index contributed by atoms with van der Waals surface area (Å²) in [5.74, 6) is 0.0756. The maximum Gasteiger partial charge on any atom is 0.336 e. The van der Waals surface area contributed by atoms with Crippen LogP contribution < -0.4 is 4.90 Å². The summed E-state index contributed by atoms with van der Waals surface area (Å²) in [5.41, 5.74) is 8.25. The highest BCUT2D eigenvalue weighted by molar-refractivity contribution is 6.10. The van der Waals surface area contributed by atoms with E-state index >= 15 is 0 Å². The van der Waals surface area contributed by atoms with E-state index in [4.69, 9.17) is 4.98 Å². The number of hydrogen-bond acceptors (Lipinski definition) is 3. The van der Waals surface area contributed by atoms with Crippen molar-refractivity contribution < 1.29 is 14.7 Å². The lowest BCUT2D eigenvalue weighted by Crippen LogP contribution is -2.26. The molecule has 0 saturated carbocycles. The van der Waals surface area contributed by atoms with Gasteiger partial charge in [-0.3, -0.25) is 9.36 Å². The highest BCUT2D eigenvalue weighted by atomic mass is 16.4. The van der Waals surface area contributed by atoms with Crippen LogP contribution in [0.5, 0.6) is 0 Å². The molecule has 0 spiro atoms. The molecular weight excluding hydrogens is 486 g/mol. The topological polar surface area (TPSA) is 75.4 Å². The summed E-state index contributed by atoms with van der Waals surface area (Å²) >= 11 is 0. The van der Waals surface area contributed by atoms with Gasteiger partial charge in [0.05, 0.1) is 22.3 Å². The Labute approximate surface area is 228 Å². The van der Waals surface area contributed by atoms with Crippen LogP contribution in [0.1, 0.15) is 67.2 Å². The van der Waals surface area contributed by atoms with Crippen LogP contribution in [0.3, 0.4) is 0 Å². The van der Waals surface area contributed by atoms with Crippen molar-refractivity contribution in [3.63, 3.8) is 0 Å². The number of anilines is 1. The fraction of sp³-hybridized carbons (Fsp3) is 0.303. The summed E-state index contributed by atoms with van der Waals surface area (Å²) in [7, 11) is 0. The van der Waals surface area contributed by atoms with E-state index in [9.17, 15) is 14.7 Å². The maximum absolute atomic E-state index is 13.3. The highest BCUT2D eigenvalue weighted by Crippen LogP contribution is 2.37. The Bertz CT molecular complexity index is 1630. The Hall–Kier alpha value is -4.19. The monoisotopic (exact) mass is 519 g/mol. The molecule has 6 heteroatoms. The lowest BCUT2D eigenvalue weighted by molar-refractivity contribution is -0.114. The molecule has 0 fully saturated rings. The van der Waals surface area contributed by atoms with Gasteiger partial charge in [0.2, 0.25) is 0 Å². The third-order valence-corrected chi connectivity index (χ3v) is 8.18. The van der Waals surface area contributed by atoms with Gasteiger partial charge in [0, 0.05) is 24.2 Å². The number of aryl methyl sites for hydroxylation is 1. The molecule has 1 amide bonds. The highest BCUT2D eigenvalue weighted by Gasteiger charge is 2.32. The van der Waals surface area contributed by atoms with Gasteiger partial charge in [0.15, 0.2) is 0 Å². The van der Waals surface area contributed by atoms with Crippen LogP contribution in [0.25, 0.3) is 27.8 Å². The number of carboxylic acid groups (broad SMARTS) is 1. The van der Waals surface area contributed by atoms with Crippen molar-refractivity contribution >= 4 is 28.6 Å². The van der Waals surface area contributed by atoms with Gasteiger partial charge in [-0.15, -0.1) is 0 Å². The molecule has 6 nitrogen and oxygen atoms in total. The van der Waals surface area contributed by atoms with E-state index in [1.54, 1.807) is 0 Å². The summed E-state index contributed by atoms with van der Waals surface area (Å²) in [6, 6.07) is 19.6. The van der Waals surface area contributed by atoms with Crippen molar-refractivity contribution in [3.8, 4) is 16.8 Å². The van der Waals surface area contributed by atoms with Crippen LogP contribution in [-0.4, -0.2) is 33.1 Å². The molecule has 2 heterocycles. The van der Waals surface area contributed by atoms with E-state index < -0.39 is 5.97 Å². The molecule has 1 aromatic heterocycles. The number of carbonyl (C=O) groups is 2. The molecular formula is C33H33N3O3. The Morgan fingerprint density at radius 1 is 1.03 bits per heavy atom. The zero-order valence-corrected chi connectivity index (χ0v) is 22.5. The summed E-state index contributed by atoms with van der Waals surface area (Å²) in [4.78, 5) is 32.8. The van der Waals surface area contributed by atoms with E-state index in [1.807, 2.05) is 66.4 Å². The Morgan fingerprint density at radius 3 is 2.56 bits per heavy atom. The predicted molar refractivity (Wildman–Crippen MR) is 155 cm³/mol. The number of carboxylic acids is 1. The molecule has 0 saturated heterocycles. The molecule has 1 aliphatic heterocycles. The zero-order valence-electron chi connectivity index (χ0n) is 22.5. The van der Waals surface area contributed by atoms with E-state index in [-0.39, 0.29) is 5.91 Å². The standard InChI is InChI=1S/C33H33N3O3/c1-3-4-14-30-34-27-17-15-24(35-20-23-12-8-9-13-26(23)32(35)37)19-29(27)36(30)28-18-16-25(22-10-6-5-7-11-22)31(21(28)2)33(38)39/h5-7,10-11,15-19H,3-4,8-9,12-14,20H2,1-2H3,(H,38,39). The first-order valence-electron chi connectivity index (χ1n) is 13.9. The van der Waals surface area contributed by atoms with E-state index in [0.717, 1.165) is 84.3 Å². The zero-order chi connectivity index (χ0) is 27.1. The number of nitrogens with zero attached hydrogens (tertiary/aromatic N) is 3. The number of aromatic nitrogens is 2. The molecule has 4 aromatic rings. The second-order valence-electron chi connectivity index (χ2n) is 10.6. The predicted octanol–water partition coefficient (Wildman–Crippen LogP) is 7.26. The van der Waals surface area contributed by atoms with Gasteiger partial charge in [-0.25, -0.2) is 9.78 Å². The third-order valence-electron chi connectivity index (χ3n) is 8.18. The molecule has 2 aliphatic rings. The maximum atomic E-state index is 13.3. The number of hydrogen-bond donors (Lipinski definition) is 1. The summed E-state index contributed by atoms with van der Waals surface area (Å²) < 4.78 is 2.11. The number of unbranched alkanes of at least 4 members (excludes halogenated alkanes) is 1. The second-order valence-corrected chi connectivity index (χ2v) is 10.6. The van der Waals surface area contributed by atoms with Gasteiger partial charge in [-0.2, -0.15) is 0 Å². The van der Waals surface area contributed by atoms with Gasteiger partial charge in [-0.1, -0.05) is 49.7 Å². The quantitative estimate of drug-likeness (QED) is 0.279. The molecule has 39 heavy (non-hydrogen) atoms. The number of imidazole rings is 1. The molecule has 3 aromatic carbocycles. The molecule has 0 atom stereocenters. The van der Waals surface area contributed by atoms with E-state index in [0.29, 0.717) is 23.2 Å². The summed E-state index contributed by atoms with van der Waals surface area (Å²) in [6.07, 6.45) is 6.89. The van der Waals surface area contributed by atoms with Crippen molar-refractivity contribution in [3.05, 3.63) is 88.8 Å². The molecule has 6 rings (SSSR count). The first-order valence-corrected chi connectivity index (χ1v) is 13.9. The molecule has 198 valence electrons. The molecule has 0 unspecified atom stereocenters.